The maximum absolute atomic E-state index is 13.9. The van der Waals surface area contributed by atoms with E-state index >= 15 is 0 Å². The van der Waals surface area contributed by atoms with E-state index in [0.717, 1.165) is 58.2 Å². The lowest BCUT2D eigenvalue weighted by Gasteiger charge is -2.51. The van der Waals surface area contributed by atoms with E-state index in [4.69, 9.17) is 18.9 Å². The molecule has 3 aliphatic rings. The van der Waals surface area contributed by atoms with Crippen molar-refractivity contribution in [2.75, 3.05) is 39.9 Å². The highest BCUT2D eigenvalue weighted by molar-refractivity contribution is 5.79. The SMILES string of the molecule is CCOC(=O)[C@H]1CC[C@H](OC(C(=O)OC(C)(C)C)(N2CCCC2)N2CCC[C@@H](OC)C2)CC1. The highest BCUT2D eigenvalue weighted by atomic mass is 16.6. The predicted molar refractivity (Wildman–Crippen MR) is 124 cm³/mol. The molecular weight excluding hydrogens is 424 g/mol. The minimum Gasteiger partial charge on any atom is -0.466 e. The molecule has 0 bridgehead atoms. The second kappa shape index (κ2) is 11.5. The topological polar surface area (TPSA) is 77.5 Å². The average molecular weight is 469 g/mol. The highest BCUT2D eigenvalue weighted by Crippen LogP contribution is 2.37. The van der Waals surface area contributed by atoms with Crippen molar-refractivity contribution < 1.29 is 28.5 Å². The summed E-state index contributed by atoms with van der Waals surface area (Å²) >= 11 is 0. The number of hydrogen-bond donors (Lipinski definition) is 0. The van der Waals surface area contributed by atoms with Gasteiger partial charge < -0.3 is 18.9 Å². The van der Waals surface area contributed by atoms with Crippen LogP contribution in [0.25, 0.3) is 0 Å². The quantitative estimate of drug-likeness (QED) is 0.502. The Balaban J connectivity index is 1.86. The molecule has 1 aliphatic carbocycles. The van der Waals surface area contributed by atoms with Crippen molar-refractivity contribution in [2.24, 2.45) is 5.92 Å². The summed E-state index contributed by atoms with van der Waals surface area (Å²) in [5, 5.41) is 0. The lowest BCUT2D eigenvalue weighted by atomic mass is 9.87. The Kier molecular flexibility index (Phi) is 9.17. The van der Waals surface area contributed by atoms with Gasteiger partial charge in [-0.1, -0.05) is 0 Å². The van der Waals surface area contributed by atoms with Crippen LogP contribution in [0.15, 0.2) is 0 Å². The summed E-state index contributed by atoms with van der Waals surface area (Å²) in [6, 6.07) is 0. The van der Waals surface area contributed by atoms with E-state index < -0.39 is 11.4 Å². The van der Waals surface area contributed by atoms with Gasteiger partial charge in [0, 0.05) is 33.3 Å². The van der Waals surface area contributed by atoms with Gasteiger partial charge in [0.05, 0.1) is 24.7 Å². The number of esters is 2. The minimum absolute atomic E-state index is 0.0614. The number of carbonyl (C=O) groups is 2. The zero-order chi connectivity index (χ0) is 24.1. The first-order valence-electron chi connectivity index (χ1n) is 12.8. The molecule has 33 heavy (non-hydrogen) atoms. The lowest BCUT2D eigenvalue weighted by Crippen LogP contribution is -2.70. The first-order chi connectivity index (χ1) is 15.7. The van der Waals surface area contributed by atoms with Gasteiger partial charge >= 0.3 is 11.9 Å². The third-order valence-corrected chi connectivity index (χ3v) is 6.96. The first kappa shape index (κ1) is 26.4. The fraction of sp³-hybridized carbons (Fsp3) is 0.920. The van der Waals surface area contributed by atoms with Gasteiger partial charge in [-0.2, -0.15) is 0 Å². The number of piperidine rings is 1. The maximum atomic E-state index is 13.9. The Morgan fingerprint density at radius 3 is 2.09 bits per heavy atom. The highest BCUT2D eigenvalue weighted by Gasteiger charge is 2.56. The molecule has 190 valence electrons. The smallest absolute Gasteiger partial charge is 0.371 e. The van der Waals surface area contributed by atoms with Gasteiger partial charge in [-0.25, -0.2) is 4.79 Å². The van der Waals surface area contributed by atoms with E-state index in [2.05, 4.69) is 9.80 Å². The number of carbonyl (C=O) groups excluding carboxylic acids is 2. The van der Waals surface area contributed by atoms with Crippen LogP contribution in [0.3, 0.4) is 0 Å². The Hall–Kier alpha value is -1.22. The van der Waals surface area contributed by atoms with E-state index in [9.17, 15) is 9.59 Å². The third-order valence-electron chi connectivity index (χ3n) is 6.96. The van der Waals surface area contributed by atoms with E-state index in [1.807, 2.05) is 27.7 Å². The molecule has 8 nitrogen and oxygen atoms in total. The van der Waals surface area contributed by atoms with Crippen LogP contribution >= 0.6 is 0 Å². The molecule has 1 saturated carbocycles. The number of methoxy groups -OCH3 is 1. The van der Waals surface area contributed by atoms with Crippen molar-refractivity contribution in [3.63, 3.8) is 0 Å². The van der Waals surface area contributed by atoms with Gasteiger partial charge in [-0.05, 0) is 79.1 Å². The molecule has 1 unspecified atom stereocenters. The van der Waals surface area contributed by atoms with Crippen molar-refractivity contribution in [1.82, 2.24) is 9.80 Å². The summed E-state index contributed by atoms with van der Waals surface area (Å²) in [7, 11) is 1.73. The standard InChI is InChI=1S/C25H44N2O6/c1-6-31-22(28)19-11-13-20(14-12-19)32-25(26-15-7-8-16-26,23(29)33-24(2,3)4)27-17-9-10-21(18-27)30-5/h19-21H,6-18H2,1-5H3/t19-,20-,21-,25?/m1/s1. The lowest BCUT2D eigenvalue weighted by molar-refractivity contribution is -0.283. The molecule has 2 atom stereocenters. The predicted octanol–water partition coefficient (Wildman–Crippen LogP) is 3.33. The van der Waals surface area contributed by atoms with Crippen LogP contribution in [-0.2, 0) is 28.5 Å². The van der Waals surface area contributed by atoms with E-state index in [0.29, 0.717) is 26.0 Å². The molecule has 2 aliphatic heterocycles. The van der Waals surface area contributed by atoms with Gasteiger partial charge in [-0.15, -0.1) is 0 Å². The van der Waals surface area contributed by atoms with Crippen LogP contribution < -0.4 is 0 Å². The molecule has 3 rings (SSSR count). The van der Waals surface area contributed by atoms with E-state index in [1.54, 1.807) is 7.11 Å². The van der Waals surface area contributed by atoms with Crippen LogP contribution in [0.5, 0.6) is 0 Å². The summed E-state index contributed by atoms with van der Waals surface area (Å²) in [5.41, 5.74) is -0.622. The fourth-order valence-corrected chi connectivity index (χ4v) is 5.33. The zero-order valence-corrected chi connectivity index (χ0v) is 21.3. The van der Waals surface area contributed by atoms with Crippen LogP contribution in [0, 0.1) is 5.92 Å². The Bertz CT molecular complexity index is 652. The second-order valence-corrected chi connectivity index (χ2v) is 10.6. The van der Waals surface area contributed by atoms with E-state index in [-0.39, 0.29) is 30.1 Å². The van der Waals surface area contributed by atoms with Gasteiger partial charge in [0.1, 0.15) is 5.60 Å². The summed E-state index contributed by atoms with van der Waals surface area (Å²) in [4.78, 5) is 30.5. The number of ether oxygens (including phenoxy) is 4. The first-order valence-corrected chi connectivity index (χ1v) is 12.8. The van der Waals surface area contributed by atoms with Crippen molar-refractivity contribution in [3.8, 4) is 0 Å². The number of nitrogens with zero attached hydrogens (tertiary/aromatic N) is 2. The monoisotopic (exact) mass is 468 g/mol. The Labute approximate surface area is 199 Å². The van der Waals surface area contributed by atoms with Gasteiger partial charge in [0.2, 0.25) is 0 Å². The van der Waals surface area contributed by atoms with Crippen LogP contribution in [0.1, 0.15) is 79.1 Å². The maximum Gasteiger partial charge on any atom is 0.371 e. The largest absolute Gasteiger partial charge is 0.466 e. The molecule has 0 N–H and O–H groups in total. The third kappa shape index (κ3) is 6.47. The molecule has 0 radical (unpaired) electrons. The molecule has 0 spiro atoms. The van der Waals surface area contributed by atoms with Crippen molar-refractivity contribution >= 4 is 11.9 Å². The number of rotatable bonds is 8. The van der Waals surface area contributed by atoms with Gasteiger partial charge in [-0.3, -0.25) is 14.6 Å². The molecule has 0 amide bonds. The number of likely N-dealkylation sites (tertiary alicyclic amines) is 2. The minimum atomic E-state index is -1.26. The summed E-state index contributed by atoms with van der Waals surface area (Å²) in [6.45, 7) is 10.9. The van der Waals surface area contributed by atoms with Crippen LogP contribution in [0.4, 0.5) is 0 Å². The molecule has 0 aromatic rings. The van der Waals surface area contributed by atoms with Crippen molar-refractivity contribution in [2.45, 2.75) is 103 Å². The Morgan fingerprint density at radius 2 is 1.52 bits per heavy atom. The molecule has 3 fully saturated rings. The fourth-order valence-electron chi connectivity index (χ4n) is 5.33. The van der Waals surface area contributed by atoms with Crippen molar-refractivity contribution in [1.29, 1.82) is 0 Å². The zero-order valence-electron chi connectivity index (χ0n) is 21.3. The molecule has 0 aromatic carbocycles. The van der Waals surface area contributed by atoms with Crippen LogP contribution in [0.2, 0.25) is 0 Å². The average Bonchev–Trinajstić information content (AvgIpc) is 3.32. The van der Waals surface area contributed by atoms with E-state index in [1.165, 1.54) is 0 Å². The Morgan fingerprint density at radius 1 is 0.879 bits per heavy atom. The number of hydrogen-bond acceptors (Lipinski definition) is 8. The molecule has 0 aromatic heterocycles. The molecular formula is C25H44N2O6. The van der Waals surface area contributed by atoms with Gasteiger partial charge in [0.25, 0.3) is 5.85 Å². The summed E-state index contributed by atoms with van der Waals surface area (Å²) in [5.74, 6) is -1.79. The normalized spacial score (nSPS) is 29.4. The van der Waals surface area contributed by atoms with Crippen LogP contribution in [-0.4, -0.2) is 85.3 Å². The molecule has 2 heterocycles. The second-order valence-electron chi connectivity index (χ2n) is 10.6. The molecule has 2 saturated heterocycles. The van der Waals surface area contributed by atoms with Crippen molar-refractivity contribution in [3.05, 3.63) is 0 Å². The summed E-state index contributed by atoms with van der Waals surface area (Å²) in [6.07, 6.45) is 6.81. The molecule has 8 heteroatoms. The van der Waals surface area contributed by atoms with Gasteiger partial charge in [0.15, 0.2) is 0 Å². The summed E-state index contributed by atoms with van der Waals surface area (Å²) < 4.78 is 23.8.